The van der Waals surface area contributed by atoms with E-state index in [0.717, 1.165) is 9.36 Å². The Morgan fingerprint density at radius 2 is 1.89 bits per heavy atom. The number of hydrogen-bond acceptors (Lipinski definition) is 8. The molecule has 152 valence electrons. The van der Waals surface area contributed by atoms with Gasteiger partial charge in [0.15, 0.2) is 13.3 Å². The van der Waals surface area contributed by atoms with Crippen molar-refractivity contribution in [3.05, 3.63) is 44.5 Å². The van der Waals surface area contributed by atoms with Gasteiger partial charge < -0.3 is 9.47 Å². The molecule has 0 N–H and O–H groups in total. The van der Waals surface area contributed by atoms with Gasteiger partial charge in [0.05, 0.1) is 25.3 Å². The van der Waals surface area contributed by atoms with Gasteiger partial charge in [-0.25, -0.2) is 14.2 Å². The molecule has 28 heavy (non-hydrogen) atoms. The number of aryl methyl sites for hydroxylation is 1. The Morgan fingerprint density at radius 1 is 1.21 bits per heavy atom. The second-order valence-electron chi connectivity index (χ2n) is 7.21. The summed E-state index contributed by atoms with van der Waals surface area (Å²) in [7, 11) is 1.25. The minimum atomic E-state index is -0.759. The summed E-state index contributed by atoms with van der Waals surface area (Å²) >= 11 is 0. The van der Waals surface area contributed by atoms with Crippen LogP contribution in [0.4, 0.5) is 0 Å². The molecule has 0 atom stereocenters. The lowest BCUT2D eigenvalue weighted by molar-refractivity contribution is -0.157. The first-order valence-electron chi connectivity index (χ1n) is 8.47. The van der Waals surface area contributed by atoms with Crippen molar-refractivity contribution in [3.8, 4) is 0 Å². The Hall–Kier alpha value is -3.24. The van der Waals surface area contributed by atoms with Gasteiger partial charge in [-0.3, -0.25) is 14.2 Å². The summed E-state index contributed by atoms with van der Waals surface area (Å²) in [5.74, 6) is -1.04. The maximum Gasteiger partial charge on any atom is 0.334 e. The second-order valence-corrected chi connectivity index (χ2v) is 7.21. The highest BCUT2D eigenvalue weighted by Gasteiger charge is 2.23. The molecule has 0 radical (unpaired) electrons. The molecular formula is C17H23N5O6. The van der Waals surface area contributed by atoms with Crippen LogP contribution >= 0.6 is 0 Å². The van der Waals surface area contributed by atoms with Crippen LogP contribution in [-0.2, 0) is 38.9 Å². The number of hydrogen-bond donors (Lipinski definition) is 0. The van der Waals surface area contributed by atoms with E-state index in [1.54, 1.807) is 27.7 Å². The van der Waals surface area contributed by atoms with Crippen LogP contribution < -0.4 is 11.2 Å². The molecular weight excluding hydrogens is 370 g/mol. The topological polar surface area (TPSA) is 127 Å². The Kier molecular flexibility index (Phi) is 6.16. The van der Waals surface area contributed by atoms with Gasteiger partial charge in [-0.2, -0.15) is 15.0 Å². The third-order valence-corrected chi connectivity index (χ3v) is 3.76. The van der Waals surface area contributed by atoms with Crippen LogP contribution in [0.25, 0.3) is 0 Å². The fourth-order valence-corrected chi connectivity index (χ4v) is 2.20. The molecule has 11 nitrogen and oxygen atoms in total. The van der Waals surface area contributed by atoms with Gasteiger partial charge >= 0.3 is 17.6 Å². The molecule has 0 aromatic carbocycles. The molecule has 2 aromatic rings. The minimum absolute atomic E-state index is 0.0222. The normalized spacial score (nSPS) is 11.3. The van der Waals surface area contributed by atoms with Gasteiger partial charge in [-0.15, -0.1) is 0 Å². The van der Waals surface area contributed by atoms with E-state index in [0.29, 0.717) is 11.3 Å². The number of carbonyl (C=O) groups is 2. The fraction of sp³-hybridized carbons (Fsp3) is 0.529. The number of ether oxygens (including phenoxy) is 2. The van der Waals surface area contributed by atoms with Crippen molar-refractivity contribution in [1.29, 1.82) is 0 Å². The highest BCUT2D eigenvalue weighted by atomic mass is 16.5. The minimum Gasteiger partial charge on any atom is -0.468 e. The molecule has 0 unspecified atom stereocenters. The van der Waals surface area contributed by atoms with Crippen LogP contribution in [0.2, 0.25) is 0 Å². The number of nitrogens with zero attached hydrogens (tertiary/aromatic N) is 5. The van der Waals surface area contributed by atoms with E-state index >= 15 is 0 Å². The van der Waals surface area contributed by atoms with Gasteiger partial charge in [-0.1, -0.05) is 0 Å². The van der Waals surface area contributed by atoms with E-state index in [9.17, 15) is 19.2 Å². The zero-order chi connectivity index (χ0) is 21.1. The Morgan fingerprint density at radius 3 is 2.50 bits per heavy atom. The number of esters is 2. The molecule has 2 rings (SSSR count). The highest BCUT2D eigenvalue weighted by molar-refractivity contribution is 5.75. The van der Waals surface area contributed by atoms with E-state index in [4.69, 9.17) is 4.74 Å². The molecule has 0 saturated heterocycles. The van der Waals surface area contributed by atoms with E-state index in [-0.39, 0.29) is 13.1 Å². The zero-order valence-electron chi connectivity index (χ0n) is 16.5. The third-order valence-electron chi connectivity index (χ3n) is 3.76. The number of methoxy groups -OCH3 is 1. The molecule has 0 bridgehead atoms. The van der Waals surface area contributed by atoms with E-state index in [2.05, 4.69) is 14.9 Å². The smallest absolute Gasteiger partial charge is 0.334 e. The summed E-state index contributed by atoms with van der Waals surface area (Å²) < 4.78 is 11.7. The largest absolute Gasteiger partial charge is 0.468 e. The molecule has 2 aromatic heterocycles. The maximum atomic E-state index is 12.6. The third kappa shape index (κ3) is 4.93. The van der Waals surface area contributed by atoms with Crippen LogP contribution in [0.1, 0.15) is 32.0 Å². The van der Waals surface area contributed by atoms with Crippen LogP contribution in [-0.4, -0.2) is 43.2 Å². The van der Waals surface area contributed by atoms with Gasteiger partial charge in [-0.05, 0) is 27.7 Å². The molecule has 11 heteroatoms. The predicted molar refractivity (Wildman–Crippen MR) is 96.4 cm³/mol. The lowest BCUT2D eigenvalue weighted by Crippen LogP contribution is -2.42. The molecule has 0 saturated carbocycles. The molecule has 0 amide bonds. The average molecular weight is 393 g/mol. The lowest BCUT2D eigenvalue weighted by atomic mass is 9.98. The Labute approximate surface area is 160 Å². The van der Waals surface area contributed by atoms with Crippen LogP contribution in [0.3, 0.4) is 0 Å². The monoisotopic (exact) mass is 393 g/mol. The van der Waals surface area contributed by atoms with Crippen molar-refractivity contribution in [2.24, 2.45) is 5.41 Å². The van der Waals surface area contributed by atoms with Crippen LogP contribution in [0.15, 0.2) is 22.0 Å². The van der Waals surface area contributed by atoms with Gasteiger partial charge in [0, 0.05) is 11.8 Å². The van der Waals surface area contributed by atoms with Crippen LogP contribution in [0.5, 0.6) is 0 Å². The molecule has 0 spiro atoms. The molecule has 0 aliphatic heterocycles. The van der Waals surface area contributed by atoms with E-state index < -0.39 is 35.3 Å². The summed E-state index contributed by atoms with van der Waals surface area (Å²) in [6.45, 7) is 5.94. The van der Waals surface area contributed by atoms with Crippen molar-refractivity contribution in [2.45, 2.75) is 47.5 Å². The van der Waals surface area contributed by atoms with Crippen molar-refractivity contribution in [1.82, 2.24) is 24.1 Å². The Bertz CT molecular complexity index is 995. The van der Waals surface area contributed by atoms with Gasteiger partial charge in [0.2, 0.25) is 0 Å². The fourth-order valence-electron chi connectivity index (χ4n) is 2.20. The standard InChI is InChI=1S/C17H23N5O6/c1-11-7-20(8-12-6-18-22(19-12)9-13(23)27-5)16(26)21(14(11)24)10-28-15(25)17(2,3)4/h6-7H,8-10H2,1-5H3. The van der Waals surface area contributed by atoms with Crippen LogP contribution in [0, 0.1) is 12.3 Å². The van der Waals surface area contributed by atoms with Crippen molar-refractivity contribution < 1.29 is 19.1 Å². The zero-order valence-corrected chi connectivity index (χ0v) is 16.5. The molecule has 0 aliphatic rings. The van der Waals surface area contributed by atoms with E-state index in [1.165, 1.54) is 24.1 Å². The Balaban J connectivity index is 2.26. The maximum absolute atomic E-state index is 12.6. The van der Waals surface area contributed by atoms with Crippen molar-refractivity contribution in [2.75, 3.05) is 7.11 Å². The SMILES string of the molecule is COC(=O)Cn1ncc(Cn2cc(C)c(=O)n(COC(=O)C(C)(C)C)c2=O)n1. The first kappa shape index (κ1) is 21.1. The lowest BCUT2D eigenvalue weighted by Gasteiger charge is -2.17. The summed E-state index contributed by atoms with van der Waals surface area (Å²) in [5, 5.41) is 8.03. The molecule has 0 fully saturated rings. The first-order valence-corrected chi connectivity index (χ1v) is 8.47. The summed E-state index contributed by atoms with van der Waals surface area (Å²) in [6.07, 6.45) is 2.80. The average Bonchev–Trinajstić information content (AvgIpc) is 3.05. The molecule has 0 aliphatic carbocycles. The number of aromatic nitrogens is 5. The highest BCUT2D eigenvalue weighted by Crippen LogP contribution is 2.15. The first-order chi connectivity index (χ1) is 13.0. The summed E-state index contributed by atoms with van der Waals surface area (Å²) in [4.78, 5) is 49.3. The summed E-state index contributed by atoms with van der Waals surface area (Å²) in [5.41, 5.74) is -1.25. The quantitative estimate of drug-likeness (QED) is 0.611. The van der Waals surface area contributed by atoms with Crippen molar-refractivity contribution in [3.63, 3.8) is 0 Å². The summed E-state index contributed by atoms with van der Waals surface area (Å²) in [6, 6.07) is 0. The second kappa shape index (κ2) is 8.19. The predicted octanol–water partition coefficient (Wildman–Crippen LogP) is -0.322. The molecule has 2 heterocycles. The van der Waals surface area contributed by atoms with Crippen molar-refractivity contribution >= 4 is 11.9 Å². The van der Waals surface area contributed by atoms with E-state index in [1.807, 2.05) is 0 Å². The van der Waals surface area contributed by atoms with Gasteiger partial charge in [0.1, 0.15) is 5.69 Å². The van der Waals surface area contributed by atoms with Gasteiger partial charge in [0.25, 0.3) is 5.56 Å². The number of rotatable bonds is 6. The number of carbonyl (C=O) groups excluding carboxylic acids is 2.